The molecule has 5 heteroatoms. The highest BCUT2D eigenvalue weighted by molar-refractivity contribution is 5.79. The number of piperidine rings is 1. The van der Waals surface area contributed by atoms with Gasteiger partial charge in [0, 0.05) is 26.1 Å². The Hall–Kier alpha value is -1.10. The van der Waals surface area contributed by atoms with Gasteiger partial charge in [-0.3, -0.25) is 9.59 Å². The van der Waals surface area contributed by atoms with Crippen molar-refractivity contribution in [2.75, 3.05) is 32.7 Å². The molecule has 1 unspecified atom stereocenters. The summed E-state index contributed by atoms with van der Waals surface area (Å²) in [6.45, 7) is 5.83. The third kappa shape index (κ3) is 3.47. The van der Waals surface area contributed by atoms with Gasteiger partial charge in [0.15, 0.2) is 0 Å². The van der Waals surface area contributed by atoms with Gasteiger partial charge in [0.25, 0.3) is 0 Å². The van der Waals surface area contributed by atoms with Crippen LogP contribution in [0.2, 0.25) is 0 Å². The van der Waals surface area contributed by atoms with E-state index >= 15 is 0 Å². The number of amides is 1. The average molecular weight is 268 g/mol. The van der Waals surface area contributed by atoms with Crippen molar-refractivity contribution in [3.05, 3.63) is 0 Å². The van der Waals surface area contributed by atoms with Gasteiger partial charge in [0.2, 0.25) is 5.91 Å². The Morgan fingerprint density at radius 2 is 1.84 bits per heavy atom. The van der Waals surface area contributed by atoms with Crippen molar-refractivity contribution in [1.82, 2.24) is 9.80 Å². The van der Waals surface area contributed by atoms with Gasteiger partial charge >= 0.3 is 5.97 Å². The highest BCUT2D eigenvalue weighted by atomic mass is 16.4. The molecule has 0 aliphatic carbocycles. The molecule has 19 heavy (non-hydrogen) atoms. The van der Waals surface area contributed by atoms with Crippen LogP contribution >= 0.6 is 0 Å². The van der Waals surface area contributed by atoms with Crippen LogP contribution in [0.25, 0.3) is 0 Å². The summed E-state index contributed by atoms with van der Waals surface area (Å²) in [7, 11) is 0. The zero-order valence-electron chi connectivity index (χ0n) is 11.7. The predicted molar refractivity (Wildman–Crippen MR) is 71.8 cm³/mol. The second-order valence-electron chi connectivity index (χ2n) is 6.08. The first-order valence-electron chi connectivity index (χ1n) is 7.25. The first kappa shape index (κ1) is 14.3. The number of aliphatic carboxylic acids is 1. The van der Waals surface area contributed by atoms with E-state index in [1.807, 2.05) is 0 Å². The Morgan fingerprint density at radius 3 is 2.47 bits per heavy atom. The molecule has 2 aliphatic rings. The summed E-state index contributed by atoms with van der Waals surface area (Å²) in [5, 5.41) is 9.25. The Kier molecular flexibility index (Phi) is 4.45. The minimum atomic E-state index is -0.787. The van der Waals surface area contributed by atoms with Gasteiger partial charge in [-0.1, -0.05) is 0 Å². The molecule has 1 N–H and O–H groups in total. The molecule has 2 aliphatic heterocycles. The maximum atomic E-state index is 12.2. The van der Waals surface area contributed by atoms with Crippen molar-refractivity contribution in [3.63, 3.8) is 0 Å². The number of carboxylic acid groups (broad SMARTS) is 1. The van der Waals surface area contributed by atoms with Crippen LogP contribution in [-0.2, 0) is 9.59 Å². The van der Waals surface area contributed by atoms with E-state index in [9.17, 15) is 14.7 Å². The van der Waals surface area contributed by atoms with Crippen LogP contribution in [0.4, 0.5) is 0 Å². The van der Waals surface area contributed by atoms with Crippen molar-refractivity contribution in [2.45, 2.75) is 39.0 Å². The average Bonchev–Trinajstić information content (AvgIpc) is 2.89. The second kappa shape index (κ2) is 5.90. The van der Waals surface area contributed by atoms with Crippen LogP contribution in [0.5, 0.6) is 0 Å². The van der Waals surface area contributed by atoms with Crippen LogP contribution in [0.3, 0.4) is 0 Å². The van der Waals surface area contributed by atoms with E-state index < -0.39 is 11.4 Å². The Balaban J connectivity index is 1.83. The molecule has 2 fully saturated rings. The molecule has 0 radical (unpaired) electrons. The lowest BCUT2D eigenvalue weighted by Gasteiger charge is -2.37. The molecule has 0 spiro atoms. The molecule has 0 aromatic carbocycles. The second-order valence-corrected chi connectivity index (χ2v) is 6.08. The number of carboxylic acids is 1. The smallest absolute Gasteiger partial charge is 0.311 e. The number of rotatable bonds is 4. The van der Waals surface area contributed by atoms with Crippen molar-refractivity contribution >= 4 is 11.9 Å². The minimum absolute atomic E-state index is 0.110. The number of likely N-dealkylation sites (tertiary alicyclic amines) is 2. The fourth-order valence-electron chi connectivity index (χ4n) is 3.04. The van der Waals surface area contributed by atoms with Crippen LogP contribution in [0, 0.1) is 5.41 Å². The molecule has 1 atom stereocenters. The summed E-state index contributed by atoms with van der Waals surface area (Å²) < 4.78 is 0. The third-order valence-electron chi connectivity index (χ3n) is 4.41. The fourth-order valence-corrected chi connectivity index (χ4v) is 3.04. The first-order chi connectivity index (χ1) is 9.01. The van der Waals surface area contributed by atoms with Crippen molar-refractivity contribution in [1.29, 1.82) is 0 Å². The van der Waals surface area contributed by atoms with Gasteiger partial charge in [-0.2, -0.15) is 0 Å². The van der Waals surface area contributed by atoms with Crippen molar-refractivity contribution in [2.24, 2.45) is 5.41 Å². The first-order valence-corrected chi connectivity index (χ1v) is 7.25. The largest absolute Gasteiger partial charge is 0.481 e. The lowest BCUT2D eigenvalue weighted by atomic mass is 9.82. The van der Waals surface area contributed by atoms with Gasteiger partial charge in [0.05, 0.1) is 5.41 Å². The summed E-state index contributed by atoms with van der Waals surface area (Å²) in [4.78, 5) is 27.5. The third-order valence-corrected chi connectivity index (χ3v) is 4.41. The molecule has 5 nitrogen and oxygen atoms in total. The summed E-state index contributed by atoms with van der Waals surface area (Å²) in [6, 6.07) is 0. The zero-order valence-corrected chi connectivity index (χ0v) is 11.7. The van der Waals surface area contributed by atoms with Gasteiger partial charge in [-0.15, -0.1) is 0 Å². The standard InChI is InChI=1S/C14H24N2O3/c1-14(13(18)19)6-4-9-16(11-14)12(17)5-10-15-7-2-3-8-15/h2-11H2,1H3,(H,18,19). The molecule has 2 saturated heterocycles. The van der Waals surface area contributed by atoms with Crippen LogP contribution < -0.4 is 0 Å². The molecule has 0 aromatic rings. The van der Waals surface area contributed by atoms with Gasteiger partial charge in [-0.05, 0) is 45.7 Å². The molecule has 1 amide bonds. The highest BCUT2D eigenvalue weighted by Crippen LogP contribution is 2.29. The monoisotopic (exact) mass is 268 g/mol. The molecule has 2 heterocycles. The molecule has 0 bridgehead atoms. The topological polar surface area (TPSA) is 60.9 Å². The lowest BCUT2D eigenvalue weighted by Crippen LogP contribution is -2.48. The summed E-state index contributed by atoms with van der Waals surface area (Å²) in [5.74, 6) is -0.677. The Bertz CT molecular complexity index is 353. The number of carbonyl (C=O) groups is 2. The molecule has 108 valence electrons. The number of nitrogens with zero attached hydrogens (tertiary/aromatic N) is 2. The van der Waals surface area contributed by atoms with E-state index in [1.165, 1.54) is 12.8 Å². The normalized spacial score (nSPS) is 28.6. The number of hydrogen-bond acceptors (Lipinski definition) is 3. The molecular weight excluding hydrogens is 244 g/mol. The van der Waals surface area contributed by atoms with Crippen molar-refractivity contribution < 1.29 is 14.7 Å². The molecule has 2 rings (SSSR count). The van der Waals surface area contributed by atoms with Crippen LogP contribution in [0.1, 0.15) is 39.0 Å². The Morgan fingerprint density at radius 1 is 1.16 bits per heavy atom. The quantitative estimate of drug-likeness (QED) is 0.832. The zero-order chi connectivity index (χ0) is 13.9. The molecule has 0 aromatic heterocycles. The number of hydrogen-bond donors (Lipinski definition) is 1. The van der Waals surface area contributed by atoms with E-state index in [0.717, 1.165) is 26.1 Å². The van der Waals surface area contributed by atoms with E-state index in [4.69, 9.17) is 0 Å². The fraction of sp³-hybridized carbons (Fsp3) is 0.857. The highest BCUT2D eigenvalue weighted by Gasteiger charge is 2.39. The van der Waals surface area contributed by atoms with E-state index in [2.05, 4.69) is 4.90 Å². The van der Waals surface area contributed by atoms with E-state index in [0.29, 0.717) is 25.9 Å². The van der Waals surface area contributed by atoms with Gasteiger partial charge in [-0.25, -0.2) is 0 Å². The predicted octanol–water partition coefficient (Wildman–Crippen LogP) is 1.19. The van der Waals surface area contributed by atoms with E-state index in [-0.39, 0.29) is 5.91 Å². The Labute approximate surface area is 114 Å². The maximum Gasteiger partial charge on any atom is 0.311 e. The van der Waals surface area contributed by atoms with E-state index in [1.54, 1.807) is 11.8 Å². The van der Waals surface area contributed by atoms with Crippen LogP contribution in [0.15, 0.2) is 0 Å². The molecular formula is C14H24N2O3. The summed E-state index contributed by atoms with van der Waals surface area (Å²) in [6.07, 6.45) is 4.44. The summed E-state index contributed by atoms with van der Waals surface area (Å²) in [5.41, 5.74) is -0.762. The minimum Gasteiger partial charge on any atom is -0.481 e. The number of carbonyl (C=O) groups excluding carboxylic acids is 1. The van der Waals surface area contributed by atoms with Gasteiger partial charge < -0.3 is 14.9 Å². The van der Waals surface area contributed by atoms with Gasteiger partial charge in [0.1, 0.15) is 0 Å². The van der Waals surface area contributed by atoms with Crippen LogP contribution in [-0.4, -0.2) is 59.5 Å². The SMILES string of the molecule is CC1(C(=O)O)CCCN(C(=O)CCN2CCCC2)C1. The maximum absolute atomic E-state index is 12.2. The van der Waals surface area contributed by atoms with Crippen molar-refractivity contribution in [3.8, 4) is 0 Å². The molecule has 0 saturated carbocycles. The summed E-state index contributed by atoms with van der Waals surface area (Å²) >= 11 is 0. The lowest BCUT2D eigenvalue weighted by molar-refractivity contribution is -0.153.